The minimum absolute atomic E-state index is 0.0457. The van der Waals surface area contributed by atoms with E-state index in [9.17, 15) is 28.9 Å². The summed E-state index contributed by atoms with van der Waals surface area (Å²) >= 11 is 0.752. The third kappa shape index (κ3) is 13.4. The molecule has 3 amide bonds. The van der Waals surface area contributed by atoms with Gasteiger partial charge in [0, 0.05) is 58.4 Å². The number of thiazole rings is 1. The highest BCUT2D eigenvalue weighted by Crippen LogP contribution is 2.36. The van der Waals surface area contributed by atoms with Gasteiger partial charge in [-0.2, -0.15) is 0 Å². The lowest BCUT2D eigenvalue weighted by atomic mass is 10.0. The number of hydrogen-bond donors (Lipinski definition) is 4. The number of nitrogens with zero attached hydrogens (tertiary/aromatic N) is 9. The summed E-state index contributed by atoms with van der Waals surface area (Å²) in [5.74, 6) is 0.400. The molecule has 0 spiro atoms. The molecule has 2 saturated heterocycles. The zero-order valence-corrected chi connectivity index (χ0v) is 40.3. The van der Waals surface area contributed by atoms with E-state index in [2.05, 4.69) is 45.9 Å². The number of hydrogen-bond acceptors (Lipinski definition) is 17. The van der Waals surface area contributed by atoms with Crippen LogP contribution in [0.1, 0.15) is 47.4 Å². The third-order valence-corrected chi connectivity index (χ3v) is 12.8. The summed E-state index contributed by atoms with van der Waals surface area (Å²) in [5.41, 5.74) is 4.45. The van der Waals surface area contributed by atoms with Crippen LogP contribution >= 0.6 is 11.3 Å². The molecule has 1 atom stereocenters. The van der Waals surface area contributed by atoms with Crippen molar-refractivity contribution in [2.75, 3.05) is 118 Å². The van der Waals surface area contributed by atoms with Crippen molar-refractivity contribution in [3.8, 4) is 11.4 Å². The van der Waals surface area contributed by atoms with Gasteiger partial charge in [-0.25, -0.2) is 23.9 Å². The number of pyridine rings is 1. The third-order valence-electron chi connectivity index (χ3n) is 11.8. The zero-order chi connectivity index (χ0) is 49.7. The Morgan fingerprint density at radius 1 is 0.859 bits per heavy atom. The van der Waals surface area contributed by atoms with Crippen molar-refractivity contribution in [3.63, 3.8) is 0 Å². The van der Waals surface area contributed by atoms with Crippen LogP contribution in [0.2, 0.25) is 0 Å². The molecule has 6 heterocycles. The predicted molar refractivity (Wildman–Crippen MR) is 267 cm³/mol. The minimum Gasteiger partial charge on any atom is -0.383 e. The van der Waals surface area contributed by atoms with Gasteiger partial charge in [0.15, 0.2) is 10.8 Å². The summed E-state index contributed by atoms with van der Waals surface area (Å²) in [4.78, 5) is 68.4. The first-order chi connectivity index (χ1) is 34.5. The minimum atomic E-state index is -0.576. The van der Waals surface area contributed by atoms with Crippen LogP contribution in [0.3, 0.4) is 0 Å². The Morgan fingerprint density at radius 2 is 1.62 bits per heavy atom. The van der Waals surface area contributed by atoms with Crippen LogP contribution in [0.4, 0.5) is 37.5 Å². The smallest absolute Gasteiger partial charge is 0.348 e. The predicted octanol–water partition coefficient (Wildman–Crippen LogP) is 5.56. The molecule has 0 radical (unpaired) electrons. The van der Waals surface area contributed by atoms with Crippen molar-refractivity contribution in [2.24, 2.45) is 0 Å². The number of halogens is 1. The number of nitro groups is 1. The molecule has 0 bridgehead atoms. The Balaban J connectivity index is 0.675. The van der Waals surface area contributed by atoms with E-state index in [1.54, 1.807) is 30.5 Å². The zero-order valence-electron chi connectivity index (χ0n) is 39.5. The highest BCUT2D eigenvalue weighted by atomic mass is 32.1. The first kappa shape index (κ1) is 50.2. The summed E-state index contributed by atoms with van der Waals surface area (Å²) in [7, 11) is 0. The molecule has 23 heteroatoms. The number of ether oxygens (including phenoxy) is 3. The van der Waals surface area contributed by atoms with Crippen LogP contribution in [0.5, 0.6) is 0 Å². The van der Waals surface area contributed by atoms with Crippen molar-refractivity contribution in [1.29, 1.82) is 0 Å². The number of imidazole rings is 1. The normalized spacial score (nSPS) is 15.0. The molecule has 0 unspecified atom stereocenters. The van der Waals surface area contributed by atoms with Crippen LogP contribution in [-0.4, -0.2) is 144 Å². The maximum atomic E-state index is 14.1. The number of nitrogens with one attached hydrogen (secondary N) is 4. The number of carbonyl (C=O) groups is 3. The summed E-state index contributed by atoms with van der Waals surface area (Å²) in [6.07, 6.45) is 3.71. The molecule has 71 heavy (non-hydrogen) atoms. The average Bonchev–Trinajstić information content (AvgIpc) is 4.12. The Kier molecular flexibility index (Phi) is 17.0. The number of aromatic nitrogens is 5. The molecule has 0 saturated carbocycles. The van der Waals surface area contributed by atoms with Crippen LogP contribution in [0.15, 0.2) is 79.0 Å². The Bertz CT molecular complexity index is 2820. The number of anilines is 5. The van der Waals surface area contributed by atoms with Gasteiger partial charge in [-0.1, -0.05) is 18.2 Å². The van der Waals surface area contributed by atoms with Crippen molar-refractivity contribution in [2.45, 2.75) is 32.7 Å². The summed E-state index contributed by atoms with van der Waals surface area (Å²) < 4.78 is 32.8. The number of amides is 3. The SMILES string of the molecule is CC(=O)Nc1cc(NCCOCCOCCOCCNC(=O)CN2CCN(c3cccc(-c4cnc5ccc(N6CCC[C@@H]6c6cccc(F)c6)nn45)n3)CC2)ccc1C(=O)Nc1nc(C)c([N+](=O)[O-])s1. The monoisotopic (exact) mass is 993 g/mol. The fraction of sp³-hybridized carbons (Fsp3) is 0.396. The topological polar surface area (TPSA) is 236 Å². The Labute approximate surface area is 412 Å². The van der Waals surface area contributed by atoms with Gasteiger partial charge in [0.05, 0.1) is 80.3 Å². The summed E-state index contributed by atoms with van der Waals surface area (Å²) in [5, 5.41) is 27.4. The van der Waals surface area contributed by atoms with Gasteiger partial charge < -0.3 is 40.0 Å². The van der Waals surface area contributed by atoms with E-state index < -0.39 is 10.8 Å². The number of benzene rings is 2. The molecule has 2 aliphatic rings. The molecule has 6 aromatic rings. The van der Waals surface area contributed by atoms with E-state index in [-0.39, 0.29) is 50.8 Å². The molecule has 2 fully saturated rings. The standard InChI is InChI=1S/C48H56FN13O8S/c1-32-47(62(66)67)71-48(53-32)56-46(65)37-12-11-36(29-39(37)54-33(2)63)50-15-22-68-24-26-70-27-25-69-23-16-51-45(64)31-58-18-20-59(21-19-58)43-10-4-8-38(55-43)41-30-52-42-13-14-44(57-61(41)42)60-17-5-9-40(60)34-6-3-7-35(49)28-34/h3-4,6-8,10-14,28-30,40,50H,5,9,15-27,31H2,1-2H3,(H,51,64)(H,54,63)(H,53,56,65)/t40-/m1/s1. The van der Waals surface area contributed by atoms with Gasteiger partial charge in [0.1, 0.15) is 28.8 Å². The van der Waals surface area contributed by atoms with E-state index in [1.807, 2.05) is 40.9 Å². The quantitative estimate of drug-likeness (QED) is 0.0350. The number of fused-ring (bicyclic) bond motifs is 1. The number of aryl methyl sites for hydroxylation is 1. The summed E-state index contributed by atoms with van der Waals surface area (Å²) in [6, 6.07) is 21.6. The molecule has 4 aromatic heterocycles. The van der Waals surface area contributed by atoms with Crippen LogP contribution in [0, 0.1) is 22.9 Å². The maximum Gasteiger partial charge on any atom is 0.348 e. The molecular weight excluding hydrogens is 938 g/mol. The molecular formula is C48H56FN13O8S. The van der Waals surface area contributed by atoms with Gasteiger partial charge in [0.25, 0.3) is 5.91 Å². The lowest BCUT2D eigenvalue weighted by Gasteiger charge is -2.35. The van der Waals surface area contributed by atoms with Crippen molar-refractivity contribution < 1.29 is 37.9 Å². The van der Waals surface area contributed by atoms with Crippen molar-refractivity contribution in [1.82, 2.24) is 34.8 Å². The second kappa shape index (κ2) is 24.1. The second-order valence-corrected chi connectivity index (χ2v) is 17.8. The fourth-order valence-corrected chi connectivity index (χ4v) is 9.20. The highest BCUT2D eigenvalue weighted by molar-refractivity contribution is 7.19. The van der Waals surface area contributed by atoms with E-state index in [0.29, 0.717) is 83.7 Å². The van der Waals surface area contributed by atoms with Crippen molar-refractivity contribution in [3.05, 3.63) is 112 Å². The fourth-order valence-electron chi connectivity index (χ4n) is 8.42. The largest absolute Gasteiger partial charge is 0.383 e. The van der Waals surface area contributed by atoms with Crippen LogP contribution < -0.4 is 31.1 Å². The molecule has 374 valence electrons. The van der Waals surface area contributed by atoms with E-state index >= 15 is 0 Å². The van der Waals surface area contributed by atoms with E-state index in [0.717, 1.165) is 72.4 Å². The van der Waals surface area contributed by atoms with Crippen molar-refractivity contribution >= 4 is 67.8 Å². The van der Waals surface area contributed by atoms with Gasteiger partial charge in [-0.3, -0.25) is 34.7 Å². The molecule has 2 aromatic carbocycles. The lowest BCUT2D eigenvalue weighted by molar-refractivity contribution is -0.380. The molecule has 21 nitrogen and oxygen atoms in total. The lowest BCUT2D eigenvalue weighted by Crippen LogP contribution is -2.50. The first-order valence-electron chi connectivity index (χ1n) is 23.4. The second-order valence-electron chi connectivity index (χ2n) is 16.8. The molecule has 8 rings (SSSR count). The molecule has 4 N–H and O–H groups in total. The number of carbonyl (C=O) groups excluding carboxylic acids is 3. The van der Waals surface area contributed by atoms with Gasteiger partial charge in [-0.05, 0) is 91.3 Å². The van der Waals surface area contributed by atoms with E-state index in [1.165, 1.54) is 26.0 Å². The Hall–Kier alpha value is -7.18. The molecule has 2 aliphatic heterocycles. The van der Waals surface area contributed by atoms with E-state index in [4.69, 9.17) is 24.3 Å². The van der Waals surface area contributed by atoms with Crippen LogP contribution in [0.25, 0.3) is 17.0 Å². The first-order valence-corrected chi connectivity index (χ1v) is 24.2. The molecule has 0 aliphatic carbocycles. The number of piperazine rings is 1. The van der Waals surface area contributed by atoms with Gasteiger partial charge in [-0.15, -0.1) is 5.10 Å². The highest BCUT2D eigenvalue weighted by Gasteiger charge is 2.29. The van der Waals surface area contributed by atoms with Gasteiger partial charge in [0.2, 0.25) is 11.8 Å². The Morgan fingerprint density at radius 3 is 2.37 bits per heavy atom. The maximum absolute atomic E-state index is 14.1. The summed E-state index contributed by atoms with van der Waals surface area (Å²) in [6.45, 7) is 9.82. The average molecular weight is 994 g/mol. The number of rotatable bonds is 23. The van der Waals surface area contributed by atoms with Crippen LogP contribution in [-0.2, 0) is 23.8 Å². The van der Waals surface area contributed by atoms with Gasteiger partial charge >= 0.3 is 5.00 Å².